The third-order valence-corrected chi connectivity index (χ3v) is 7.24. The minimum absolute atomic E-state index is 0.0634. The fourth-order valence-corrected chi connectivity index (χ4v) is 5.17. The number of anilines is 1. The zero-order chi connectivity index (χ0) is 27.5. The molecule has 1 amide bonds. The molecule has 1 fully saturated rings. The molecular weight excluding hydrogens is 504 g/mol. The monoisotopic (exact) mass is 542 g/mol. The first-order valence-corrected chi connectivity index (χ1v) is 14.9. The summed E-state index contributed by atoms with van der Waals surface area (Å²) < 4.78 is 37.4. The summed E-state index contributed by atoms with van der Waals surface area (Å²) >= 11 is 0. The van der Waals surface area contributed by atoms with Gasteiger partial charge in [0.05, 0.1) is 30.4 Å². The number of esters is 1. The number of allylic oxidation sites excluding steroid dienone is 1. The molecule has 0 radical (unpaired) electrons. The maximum absolute atomic E-state index is 13.7. The molecule has 1 aliphatic heterocycles. The predicted molar refractivity (Wildman–Crippen MR) is 148 cm³/mol. The Morgan fingerprint density at radius 3 is 2.29 bits per heavy atom. The van der Waals surface area contributed by atoms with E-state index in [9.17, 15) is 18.0 Å². The second kappa shape index (κ2) is 14.1. The first-order chi connectivity index (χ1) is 18.1. The molecule has 3 atom stereocenters. The number of carbonyl (C=O) groups is 2. The number of nitrogens with zero attached hydrogens (tertiary/aromatic N) is 1. The maximum Gasteiger partial charge on any atom is 0.312 e. The minimum Gasteiger partial charge on any atom is -0.436 e. The smallest absolute Gasteiger partial charge is 0.312 e. The Bertz CT molecular complexity index is 1160. The van der Waals surface area contributed by atoms with Gasteiger partial charge in [0.25, 0.3) is 0 Å². The van der Waals surface area contributed by atoms with E-state index in [1.165, 1.54) is 0 Å². The third kappa shape index (κ3) is 8.99. The van der Waals surface area contributed by atoms with E-state index in [0.29, 0.717) is 25.1 Å². The molecule has 9 heteroatoms. The van der Waals surface area contributed by atoms with Gasteiger partial charge in [-0.15, -0.1) is 0 Å². The highest BCUT2D eigenvalue weighted by Crippen LogP contribution is 2.29. The van der Waals surface area contributed by atoms with Crippen LogP contribution in [0, 0.1) is 17.8 Å². The first-order valence-electron chi connectivity index (χ1n) is 13.0. The van der Waals surface area contributed by atoms with E-state index in [-0.39, 0.29) is 12.3 Å². The summed E-state index contributed by atoms with van der Waals surface area (Å²) in [4.78, 5) is 27.2. The Kier molecular flexibility index (Phi) is 10.9. The fourth-order valence-electron chi connectivity index (χ4n) is 4.41. The number of hydrazine groups is 1. The first kappa shape index (κ1) is 29.4. The van der Waals surface area contributed by atoms with Gasteiger partial charge in [-0.3, -0.25) is 15.0 Å². The lowest BCUT2D eigenvalue weighted by Crippen LogP contribution is -2.50. The summed E-state index contributed by atoms with van der Waals surface area (Å²) in [7, 11) is -3.85. The van der Waals surface area contributed by atoms with Gasteiger partial charge in [-0.1, -0.05) is 74.5 Å². The van der Waals surface area contributed by atoms with E-state index >= 15 is 0 Å². The third-order valence-electron chi connectivity index (χ3n) is 6.27. The van der Waals surface area contributed by atoms with Crippen molar-refractivity contribution in [3.8, 4) is 0 Å². The number of sulfonamides is 1. The molecule has 0 saturated carbocycles. The molecule has 1 aliphatic rings. The van der Waals surface area contributed by atoms with Crippen LogP contribution in [0.3, 0.4) is 0 Å². The Hall–Kier alpha value is -3.17. The molecule has 2 aromatic carbocycles. The number of nitrogens with one attached hydrogen (secondary N) is 1. The Morgan fingerprint density at radius 2 is 1.71 bits per heavy atom. The van der Waals surface area contributed by atoms with Gasteiger partial charge in [0.15, 0.2) is 0 Å². The second-order valence-electron chi connectivity index (χ2n) is 9.96. The van der Waals surface area contributed by atoms with Crippen molar-refractivity contribution in [1.82, 2.24) is 5.43 Å². The van der Waals surface area contributed by atoms with Crippen LogP contribution in [0.25, 0.3) is 6.08 Å². The van der Waals surface area contributed by atoms with Crippen molar-refractivity contribution in [2.45, 2.75) is 52.2 Å². The van der Waals surface area contributed by atoms with Gasteiger partial charge < -0.3 is 9.47 Å². The molecular formula is C29H38N2O6S. The molecule has 8 nitrogen and oxygen atoms in total. The van der Waals surface area contributed by atoms with Crippen molar-refractivity contribution in [3.05, 3.63) is 72.3 Å². The molecule has 0 spiro atoms. The van der Waals surface area contributed by atoms with Crippen LogP contribution in [0.2, 0.25) is 0 Å². The molecule has 1 N–H and O–H groups in total. The fraction of sp³-hybridized carbons (Fsp3) is 0.448. The number of para-hydroxylation sites is 1. The van der Waals surface area contributed by atoms with Crippen molar-refractivity contribution in [3.63, 3.8) is 0 Å². The van der Waals surface area contributed by atoms with E-state index in [2.05, 4.69) is 5.43 Å². The Labute approximate surface area is 226 Å². The van der Waals surface area contributed by atoms with Crippen LogP contribution >= 0.6 is 0 Å². The van der Waals surface area contributed by atoms with Crippen molar-refractivity contribution < 1.29 is 27.5 Å². The van der Waals surface area contributed by atoms with Crippen LogP contribution in [0.15, 0.2) is 66.7 Å². The highest BCUT2D eigenvalue weighted by Gasteiger charge is 2.37. The molecule has 206 valence electrons. The molecule has 1 unspecified atom stereocenters. The topological polar surface area (TPSA) is 102 Å². The lowest BCUT2D eigenvalue weighted by molar-refractivity contribution is -0.193. The molecule has 1 heterocycles. The van der Waals surface area contributed by atoms with E-state index in [4.69, 9.17) is 9.47 Å². The van der Waals surface area contributed by atoms with Crippen LogP contribution in [0.4, 0.5) is 5.69 Å². The summed E-state index contributed by atoms with van der Waals surface area (Å²) in [5.74, 6) is -2.69. The second-order valence-corrected chi connectivity index (χ2v) is 11.8. The summed E-state index contributed by atoms with van der Waals surface area (Å²) in [6.07, 6.45) is 7.16. The molecule has 0 bridgehead atoms. The van der Waals surface area contributed by atoms with Crippen molar-refractivity contribution in [2.75, 3.05) is 17.3 Å². The van der Waals surface area contributed by atoms with Crippen LogP contribution in [0.1, 0.15) is 51.5 Å². The Morgan fingerprint density at radius 1 is 1.05 bits per heavy atom. The number of benzene rings is 2. The molecule has 38 heavy (non-hydrogen) atoms. The maximum atomic E-state index is 13.7. The average Bonchev–Trinajstić information content (AvgIpc) is 2.89. The quantitative estimate of drug-likeness (QED) is 0.301. The number of ether oxygens (including phenoxy) is 2. The number of carbonyl (C=O) groups excluding carboxylic acids is 2. The van der Waals surface area contributed by atoms with Crippen molar-refractivity contribution in [1.29, 1.82) is 0 Å². The highest BCUT2D eigenvalue weighted by molar-refractivity contribution is 7.92. The van der Waals surface area contributed by atoms with Gasteiger partial charge in [-0.25, -0.2) is 8.42 Å². The van der Waals surface area contributed by atoms with Gasteiger partial charge >= 0.3 is 5.97 Å². The molecule has 0 aliphatic carbocycles. The summed E-state index contributed by atoms with van der Waals surface area (Å²) in [6.45, 7) is 4.43. The molecule has 2 aromatic rings. The van der Waals surface area contributed by atoms with Crippen molar-refractivity contribution >= 4 is 33.7 Å². The van der Waals surface area contributed by atoms with Crippen LogP contribution < -0.4 is 9.84 Å². The Balaban J connectivity index is 1.89. The lowest BCUT2D eigenvalue weighted by Gasteiger charge is -2.31. The van der Waals surface area contributed by atoms with Crippen LogP contribution in [0.5, 0.6) is 0 Å². The van der Waals surface area contributed by atoms with E-state index in [1.807, 2.05) is 56.3 Å². The largest absolute Gasteiger partial charge is 0.436 e. The van der Waals surface area contributed by atoms with Gasteiger partial charge in [0.2, 0.25) is 22.2 Å². The molecule has 1 saturated heterocycles. The standard InChI is InChI=1S/C29H38N2O6S/c1-22(2)21-26(28(32)30-31(38(3,34)35)24-16-8-5-9-17-24)25(18-12-15-23-13-6-4-7-14-23)29(33)37-27-19-10-11-20-36-27/h4-9,12-17,22,25-27H,10-11,18-21H2,1-3H3,(H,30,32)/b15-12+/t25-,26+,27?/m0/s1. The minimum atomic E-state index is -3.85. The number of hydrogen-bond acceptors (Lipinski definition) is 6. The lowest BCUT2D eigenvalue weighted by atomic mass is 9.82. The average molecular weight is 543 g/mol. The zero-order valence-electron chi connectivity index (χ0n) is 22.3. The summed E-state index contributed by atoms with van der Waals surface area (Å²) in [5, 5.41) is 0. The van der Waals surface area contributed by atoms with Crippen molar-refractivity contribution in [2.24, 2.45) is 17.8 Å². The van der Waals surface area contributed by atoms with Gasteiger partial charge in [-0.05, 0) is 49.3 Å². The number of amides is 1. The number of rotatable bonds is 12. The van der Waals surface area contributed by atoms with Gasteiger partial charge in [-0.2, -0.15) is 4.41 Å². The van der Waals surface area contributed by atoms with E-state index < -0.39 is 40.0 Å². The number of hydrogen-bond donors (Lipinski definition) is 1. The summed E-state index contributed by atoms with van der Waals surface area (Å²) in [6, 6.07) is 18.0. The summed E-state index contributed by atoms with van der Waals surface area (Å²) in [5.41, 5.74) is 3.83. The predicted octanol–water partition coefficient (Wildman–Crippen LogP) is 4.94. The molecule has 3 rings (SSSR count). The van der Waals surface area contributed by atoms with E-state index in [1.54, 1.807) is 30.3 Å². The SMILES string of the molecule is CC(C)C[C@@H](C(=O)NN(c1ccccc1)S(C)(=O)=O)[C@H](C/C=C/c1ccccc1)C(=O)OC1CCCCO1. The zero-order valence-corrected chi connectivity index (χ0v) is 23.1. The van der Waals surface area contributed by atoms with Crippen LogP contribution in [-0.2, 0) is 29.1 Å². The highest BCUT2D eigenvalue weighted by atomic mass is 32.2. The van der Waals surface area contributed by atoms with Gasteiger partial charge in [0.1, 0.15) is 0 Å². The van der Waals surface area contributed by atoms with Crippen LogP contribution in [-0.4, -0.2) is 39.4 Å². The normalized spacial score (nSPS) is 17.6. The van der Waals surface area contributed by atoms with Gasteiger partial charge in [0, 0.05) is 6.42 Å². The molecule has 0 aromatic heterocycles. The van der Waals surface area contributed by atoms with E-state index in [0.717, 1.165) is 29.1 Å².